The van der Waals surface area contributed by atoms with Crippen LogP contribution < -0.4 is 11.1 Å². The lowest BCUT2D eigenvalue weighted by Gasteiger charge is -2.17. The van der Waals surface area contributed by atoms with Crippen LogP contribution in [0.4, 0.5) is 0 Å². The van der Waals surface area contributed by atoms with Gasteiger partial charge in [-0.1, -0.05) is 19.1 Å². The van der Waals surface area contributed by atoms with Gasteiger partial charge in [-0.2, -0.15) is 0 Å². The summed E-state index contributed by atoms with van der Waals surface area (Å²) in [6, 6.07) is 4.41. The summed E-state index contributed by atoms with van der Waals surface area (Å²) in [4.78, 5) is 0. The first-order valence-corrected chi connectivity index (χ1v) is 5.61. The van der Waals surface area contributed by atoms with Crippen molar-refractivity contribution in [2.24, 2.45) is 5.73 Å². The quantitative estimate of drug-likeness (QED) is 0.792. The minimum absolute atomic E-state index is 0.101. The maximum atomic E-state index is 6.14. The highest BCUT2D eigenvalue weighted by molar-refractivity contribution is 5.40. The summed E-state index contributed by atoms with van der Waals surface area (Å²) < 4.78 is 0. The van der Waals surface area contributed by atoms with E-state index in [1.165, 1.54) is 22.3 Å². The van der Waals surface area contributed by atoms with Crippen molar-refractivity contribution in [3.63, 3.8) is 0 Å². The van der Waals surface area contributed by atoms with Gasteiger partial charge in [-0.05, 0) is 49.6 Å². The van der Waals surface area contributed by atoms with Gasteiger partial charge < -0.3 is 11.1 Å². The Kier molecular flexibility index (Phi) is 4.30. The lowest BCUT2D eigenvalue weighted by molar-refractivity contribution is 0.613. The number of hydrogen-bond donors (Lipinski definition) is 2. The monoisotopic (exact) mass is 206 g/mol. The number of nitrogens with two attached hydrogens (primary N) is 1. The van der Waals surface area contributed by atoms with E-state index in [9.17, 15) is 0 Å². The van der Waals surface area contributed by atoms with Crippen molar-refractivity contribution >= 4 is 0 Å². The molecular weight excluding hydrogens is 184 g/mol. The van der Waals surface area contributed by atoms with Crippen molar-refractivity contribution in [2.45, 2.75) is 33.7 Å². The lowest BCUT2D eigenvalue weighted by atomic mass is 9.94. The zero-order valence-corrected chi connectivity index (χ0v) is 10.2. The van der Waals surface area contributed by atoms with E-state index >= 15 is 0 Å². The second-order valence-electron chi connectivity index (χ2n) is 4.14. The third-order valence-corrected chi connectivity index (χ3v) is 3.11. The van der Waals surface area contributed by atoms with Gasteiger partial charge in [0, 0.05) is 12.6 Å². The number of hydrogen-bond acceptors (Lipinski definition) is 2. The molecule has 2 nitrogen and oxygen atoms in total. The Hall–Kier alpha value is -0.860. The predicted molar refractivity (Wildman–Crippen MR) is 66.1 cm³/mol. The molecule has 0 aromatic heterocycles. The van der Waals surface area contributed by atoms with E-state index in [-0.39, 0.29) is 6.04 Å². The van der Waals surface area contributed by atoms with Crippen molar-refractivity contribution in [3.8, 4) is 0 Å². The van der Waals surface area contributed by atoms with Crippen LogP contribution in [-0.4, -0.2) is 13.1 Å². The van der Waals surface area contributed by atoms with Crippen LogP contribution in [-0.2, 0) is 0 Å². The first kappa shape index (κ1) is 12.2. The summed E-state index contributed by atoms with van der Waals surface area (Å²) in [5.41, 5.74) is 11.4. The maximum absolute atomic E-state index is 6.14. The third kappa shape index (κ3) is 2.80. The lowest BCUT2D eigenvalue weighted by Crippen LogP contribution is -2.27. The summed E-state index contributed by atoms with van der Waals surface area (Å²) in [5.74, 6) is 0. The SMILES string of the molecule is CCNCC(N)c1ccc(C)c(C)c1C. The molecule has 0 fully saturated rings. The fourth-order valence-electron chi connectivity index (χ4n) is 1.79. The molecule has 0 heterocycles. The molecule has 3 N–H and O–H groups in total. The van der Waals surface area contributed by atoms with Gasteiger partial charge in [0.2, 0.25) is 0 Å². The molecule has 0 saturated heterocycles. The number of aryl methyl sites for hydroxylation is 1. The van der Waals surface area contributed by atoms with Gasteiger partial charge in [-0.25, -0.2) is 0 Å². The van der Waals surface area contributed by atoms with E-state index in [0.717, 1.165) is 13.1 Å². The van der Waals surface area contributed by atoms with Crippen LogP contribution in [0.5, 0.6) is 0 Å². The van der Waals surface area contributed by atoms with Crippen LogP contribution in [0.15, 0.2) is 12.1 Å². The molecule has 2 heteroatoms. The Bertz CT molecular complexity index is 332. The maximum Gasteiger partial charge on any atom is 0.0424 e. The zero-order chi connectivity index (χ0) is 11.4. The molecule has 0 aliphatic rings. The zero-order valence-electron chi connectivity index (χ0n) is 10.2. The van der Waals surface area contributed by atoms with Gasteiger partial charge >= 0.3 is 0 Å². The van der Waals surface area contributed by atoms with Crippen LogP contribution in [0.1, 0.15) is 35.2 Å². The molecule has 0 saturated carbocycles. The van der Waals surface area contributed by atoms with E-state index in [1.807, 2.05) is 0 Å². The summed E-state index contributed by atoms with van der Waals surface area (Å²) >= 11 is 0. The predicted octanol–water partition coefficient (Wildman–Crippen LogP) is 2.22. The molecule has 0 bridgehead atoms. The molecule has 1 unspecified atom stereocenters. The van der Waals surface area contributed by atoms with Crippen molar-refractivity contribution in [3.05, 3.63) is 34.4 Å². The highest BCUT2D eigenvalue weighted by atomic mass is 14.9. The fourth-order valence-corrected chi connectivity index (χ4v) is 1.79. The summed E-state index contributed by atoms with van der Waals surface area (Å²) in [6.07, 6.45) is 0. The molecule has 0 radical (unpaired) electrons. The smallest absolute Gasteiger partial charge is 0.0424 e. The highest BCUT2D eigenvalue weighted by Gasteiger charge is 2.10. The first-order valence-electron chi connectivity index (χ1n) is 5.61. The van der Waals surface area contributed by atoms with Crippen LogP contribution in [0, 0.1) is 20.8 Å². The molecule has 1 rings (SSSR count). The minimum atomic E-state index is 0.101. The Morgan fingerprint density at radius 2 is 1.87 bits per heavy atom. The molecule has 0 aliphatic heterocycles. The summed E-state index contributed by atoms with van der Waals surface area (Å²) in [6.45, 7) is 10.4. The average Bonchev–Trinajstić information content (AvgIpc) is 2.23. The molecular formula is C13H22N2. The van der Waals surface area contributed by atoms with E-state index in [1.54, 1.807) is 0 Å². The van der Waals surface area contributed by atoms with Gasteiger partial charge in [0.15, 0.2) is 0 Å². The van der Waals surface area contributed by atoms with E-state index in [0.29, 0.717) is 0 Å². The Labute approximate surface area is 92.9 Å². The molecule has 84 valence electrons. The summed E-state index contributed by atoms with van der Waals surface area (Å²) in [7, 11) is 0. The van der Waals surface area contributed by atoms with Crippen molar-refractivity contribution in [2.75, 3.05) is 13.1 Å². The van der Waals surface area contributed by atoms with Crippen LogP contribution >= 0.6 is 0 Å². The molecule has 1 aromatic rings. The van der Waals surface area contributed by atoms with Gasteiger partial charge in [0.25, 0.3) is 0 Å². The van der Waals surface area contributed by atoms with Crippen molar-refractivity contribution in [1.29, 1.82) is 0 Å². The fraction of sp³-hybridized carbons (Fsp3) is 0.538. The van der Waals surface area contributed by atoms with Crippen molar-refractivity contribution in [1.82, 2.24) is 5.32 Å². The molecule has 0 spiro atoms. The van der Waals surface area contributed by atoms with Gasteiger partial charge in [-0.15, -0.1) is 0 Å². The number of benzene rings is 1. The largest absolute Gasteiger partial charge is 0.323 e. The van der Waals surface area contributed by atoms with Crippen LogP contribution in [0.2, 0.25) is 0 Å². The third-order valence-electron chi connectivity index (χ3n) is 3.11. The second-order valence-corrected chi connectivity index (χ2v) is 4.14. The van der Waals surface area contributed by atoms with Crippen LogP contribution in [0.25, 0.3) is 0 Å². The Morgan fingerprint density at radius 1 is 1.20 bits per heavy atom. The van der Waals surface area contributed by atoms with Gasteiger partial charge in [-0.3, -0.25) is 0 Å². The van der Waals surface area contributed by atoms with E-state index < -0.39 is 0 Å². The molecule has 0 aliphatic carbocycles. The standard InChI is InChI=1S/C13H22N2/c1-5-15-8-13(14)12-7-6-9(2)10(3)11(12)4/h6-7,13,15H,5,8,14H2,1-4H3. The van der Waals surface area contributed by atoms with Gasteiger partial charge in [0.1, 0.15) is 0 Å². The molecule has 0 amide bonds. The molecule has 15 heavy (non-hydrogen) atoms. The summed E-state index contributed by atoms with van der Waals surface area (Å²) in [5, 5.41) is 3.28. The van der Waals surface area contributed by atoms with E-state index in [2.05, 4.69) is 45.1 Å². The molecule has 1 aromatic carbocycles. The minimum Gasteiger partial charge on any atom is -0.323 e. The van der Waals surface area contributed by atoms with Crippen molar-refractivity contribution < 1.29 is 0 Å². The highest BCUT2D eigenvalue weighted by Crippen LogP contribution is 2.21. The number of nitrogens with one attached hydrogen (secondary N) is 1. The molecule has 1 atom stereocenters. The Morgan fingerprint density at radius 3 is 2.47 bits per heavy atom. The average molecular weight is 206 g/mol. The van der Waals surface area contributed by atoms with Crippen LogP contribution in [0.3, 0.4) is 0 Å². The number of rotatable bonds is 4. The van der Waals surface area contributed by atoms with E-state index in [4.69, 9.17) is 5.73 Å². The second kappa shape index (κ2) is 5.29. The number of likely N-dealkylation sites (N-methyl/N-ethyl adjacent to an activating group) is 1. The normalized spacial score (nSPS) is 12.9. The Balaban J connectivity index is 2.90. The van der Waals surface area contributed by atoms with Gasteiger partial charge in [0.05, 0.1) is 0 Å². The topological polar surface area (TPSA) is 38.0 Å². The first-order chi connectivity index (χ1) is 7.07.